The lowest BCUT2D eigenvalue weighted by Gasteiger charge is -2.08. The van der Waals surface area contributed by atoms with Crippen molar-refractivity contribution in [3.8, 4) is 0 Å². The van der Waals surface area contributed by atoms with Crippen molar-refractivity contribution in [2.75, 3.05) is 25.6 Å². The second-order valence-electron chi connectivity index (χ2n) is 3.90. The van der Waals surface area contributed by atoms with E-state index < -0.39 is 18.8 Å². The fourth-order valence-electron chi connectivity index (χ4n) is 1.29. The van der Waals surface area contributed by atoms with Gasteiger partial charge in [-0.15, -0.1) is 0 Å². The van der Waals surface area contributed by atoms with Gasteiger partial charge in [0.1, 0.15) is 6.61 Å². The molecule has 0 saturated carbocycles. The average Bonchev–Trinajstić information content (AvgIpc) is 2.32. The monoisotopic (exact) mass is 311 g/mol. The summed E-state index contributed by atoms with van der Waals surface area (Å²) >= 11 is 5.81. The van der Waals surface area contributed by atoms with Gasteiger partial charge in [-0.2, -0.15) is 13.2 Å². The molecule has 1 aromatic rings. The molecule has 0 amide bonds. The minimum Gasteiger partial charge on any atom is -0.462 e. The number of nitrogens with two attached hydrogens (primary N) is 1. The van der Waals surface area contributed by atoms with Crippen LogP contribution in [0.2, 0.25) is 5.02 Å². The Morgan fingerprint density at radius 3 is 2.60 bits per heavy atom. The van der Waals surface area contributed by atoms with Gasteiger partial charge in [0.25, 0.3) is 0 Å². The third-order valence-electron chi connectivity index (χ3n) is 2.14. The number of ether oxygens (including phenoxy) is 2. The normalized spacial score (nSPS) is 11.4. The van der Waals surface area contributed by atoms with Crippen LogP contribution >= 0.6 is 11.6 Å². The molecule has 0 fully saturated rings. The third-order valence-corrected chi connectivity index (χ3v) is 2.46. The number of anilines is 1. The Morgan fingerprint density at radius 1 is 1.30 bits per heavy atom. The molecule has 4 nitrogen and oxygen atoms in total. The first kappa shape index (κ1) is 16.6. The van der Waals surface area contributed by atoms with E-state index in [1.54, 1.807) is 0 Å². The van der Waals surface area contributed by atoms with Crippen molar-refractivity contribution >= 4 is 23.3 Å². The topological polar surface area (TPSA) is 61.6 Å². The third kappa shape index (κ3) is 6.12. The van der Waals surface area contributed by atoms with Gasteiger partial charge in [-0.25, -0.2) is 4.79 Å². The van der Waals surface area contributed by atoms with Crippen LogP contribution in [0.25, 0.3) is 0 Å². The van der Waals surface area contributed by atoms with Gasteiger partial charge in [0, 0.05) is 12.1 Å². The molecule has 8 heteroatoms. The summed E-state index contributed by atoms with van der Waals surface area (Å²) < 4.78 is 44.5. The van der Waals surface area contributed by atoms with E-state index in [2.05, 4.69) is 4.74 Å². The Hall–Kier alpha value is -1.47. The first-order chi connectivity index (χ1) is 9.29. The van der Waals surface area contributed by atoms with Gasteiger partial charge in [0.15, 0.2) is 0 Å². The van der Waals surface area contributed by atoms with Crippen molar-refractivity contribution in [2.24, 2.45) is 0 Å². The smallest absolute Gasteiger partial charge is 0.411 e. The Balaban J connectivity index is 2.27. The van der Waals surface area contributed by atoms with Crippen molar-refractivity contribution in [2.45, 2.75) is 12.6 Å². The molecule has 0 radical (unpaired) electrons. The standard InChI is InChI=1S/C12H13ClF3NO3/c13-10-6-8(17)2-3-9(10)11(18)20-5-1-4-19-7-12(14,15)16/h2-3,6H,1,4-5,7,17H2. The Bertz CT molecular complexity index is 466. The molecule has 0 aliphatic carbocycles. The first-order valence-corrected chi connectivity index (χ1v) is 6.04. The van der Waals surface area contributed by atoms with Crippen molar-refractivity contribution in [3.05, 3.63) is 28.8 Å². The van der Waals surface area contributed by atoms with Crippen molar-refractivity contribution in [1.82, 2.24) is 0 Å². The number of carbonyl (C=O) groups is 1. The quantitative estimate of drug-likeness (QED) is 0.498. The van der Waals surface area contributed by atoms with Crippen LogP contribution < -0.4 is 5.73 Å². The molecule has 0 aliphatic heterocycles. The molecule has 0 atom stereocenters. The van der Waals surface area contributed by atoms with Crippen LogP contribution in [0, 0.1) is 0 Å². The van der Waals surface area contributed by atoms with E-state index in [1.807, 2.05) is 0 Å². The second-order valence-corrected chi connectivity index (χ2v) is 4.30. The fourth-order valence-corrected chi connectivity index (χ4v) is 1.55. The molecule has 2 N–H and O–H groups in total. The van der Waals surface area contributed by atoms with E-state index >= 15 is 0 Å². The summed E-state index contributed by atoms with van der Waals surface area (Å²) in [5.41, 5.74) is 6.03. The van der Waals surface area contributed by atoms with Crippen LogP contribution in [-0.2, 0) is 9.47 Å². The summed E-state index contributed by atoms with van der Waals surface area (Å²) in [5.74, 6) is -0.661. The lowest BCUT2D eigenvalue weighted by atomic mass is 10.2. The highest BCUT2D eigenvalue weighted by Gasteiger charge is 2.27. The minimum atomic E-state index is -4.35. The molecule has 0 bridgehead atoms. The van der Waals surface area contributed by atoms with Crippen LogP contribution in [0.15, 0.2) is 18.2 Å². The predicted octanol–water partition coefficient (Wildman–Crippen LogP) is 3.05. The molecule has 0 saturated heterocycles. The fraction of sp³-hybridized carbons (Fsp3) is 0.417. The number of carbonyl (C=O) groups excluding carboxylic acids is 1. The maximum Gasteiger partial charge on any atom is 0.411 e. The zero-order valence-corrected chi connectivity index (χ0v) is 11.1. The highest BCUT2D eigenvalue weighted by molar-refractivity contribution is 6.33. The number of nitrogen functional groups attached to an aromatic ring is 1. The second kappa shape index (κ2) is 7.35. The average molecular weight is 312 g/mol. The molecule has 112 valence electrons. The predicted molar refractivity (Wildman–Crippen MR) is 67.6 cm³/mol. The number of hydrogen-bond donors (Lipinski definition) is 1. The summed E-state index contributed by atoms with van der Waals surface area (Å²) in [4.78, 5) is 11.6. The number of rotatable bonds is 6. The summed E-state index contributed by atoms with van der Waals surface area (Å²) in [6.07, 6.45) is -4.19. The van der Waals surface area contributed by atoms with Crippen LogP contribution in [-0.4, -0.2) is 32.0 Å². The van der Waals surface area contributed by atoms with Gasteiger partial charge >= 0.3 is 12.1 Å². The molecular weight excluding hydrogens is 299 g/mol. The van der Waals surface area contributed by atoms with Crippen LogP contribution in [0.4, 0.5) is 18.9 Å². The molecular formula is C12H13ClF3NO3. The van der Waals surface area contributed by atoms with E-state index in [1.165, 1.54) is 18.2 Å². The number of hydrogen-bond acceptors (Lipinski definition) is 4. The zero-order valence-electron chi connectivity index (χ0n) is 10.4. The van der Waals surface area contributed by atoms with Crippen molar-refractivity contribution in [1.29, 1.82) is 0 Å². The number of halogens is 4. The minimum absolute atomic E-state index is 0.0581. The number of benzene rings is 1. The van der Waals surface area contributed by atoms with Crippen LogP contribution in [0.3, 0.4) is 0 Å². The summed E-state index contributed by atoms with van der Waals surface area (Å²) in [7, 11) is 0. The molecule has 20 heavy (non-hydrogen) atoms. The highest BCUT2D eigenvalue weighted by Crippen LogP contribution is 2.20. The number of alkyl halides is 3. The Kier molecular flexibility index (Phi) is 6.09. The van der Waals surface area contributed by atoms with E-state index in [9.17, 15) is 18.0 Å². The zero-order chi connectivity index (χ0) is 15.2. The van der Waals surface area contributed by atoms with E-state index in [0.29, 0.717) is 5.69 Å². The molecule has 1 aromatic carbocycles. The van der Waals surface area contributed by atoms with Crippen molar-refractivity contribution in [3.63, 3.8) is 0 Å². The van der Waals surface area contributed by atoms with E-state index in [0.717, 1.165) is 0 Å². The lowest BCUT2D eigenvalue weighted by Crippen LogP contribution is -2.18. The van der Waals surface area contributed by atoms with Gasteiger partial charge in [-0.1, -0.05) is 11.6 Å². The molecule has 0 heterocycles. The Morgan fingerprint density at radius 2 is 2.00 bits per heavy atom. The maximum atomic E-state index is 11.8. The SMILES string of the molecule is Nc1ccc(C(=O)OCCCOCC(F)(F)F)c(Cl)c1. The Labute approximate surface area is 118 Å². The van der Waals surface area contributed by atoms with Crippen LogP contribution in [0.5, 0.6) is 0 Å². The summed E-state index contributed by atoms with van der Waals surface area (Å²) in [6, 6.07) is 4.32. The molecule has 0 aliphatic rings. The lowest BCUT2D eigenvalue weighted by molar-refractivity contribution is -0.174. The first-order valence-electron chi connectivity index (χ1n) is 5.66. The van der Waals surface area contributed by atoms with E-state index in [4.69, 9.17) is 22.1 Å². The molecule has 1 rings (SSSR count). The molecule has 0 spiro atoms. The van der Waals surface area contributed by atoms with Gasteiger partial charge in [-0.3, -0.25) is 0 Å². The highest BCUT2D eigenvalue weighted by atomic mass is 35.5. The molecule has 0 aromatic heterocycles. The largest absolute Gasteiger partial charge is 0.462 e. The summed E-state index contributed by atoms with van der Waals surface area (Å²) in [6.45, 7) is -1.52. The van der Waals surface area contributed by atoms with Gasteiger partial charge in [0.05, 0.1) is 23.8 Å². The van der Waals surface area contributed by atoms with Crippen LogP contribution in [0.1, 0.15) is 16.8 Å². The van der Waals surface area contributed by atoms with Gasteiger partial charge < -0.3 is 15.2 Å². The van der Waals surface area contributed by atoms with Gasteiger partial charge in [-0.05, 0) is 18.2 Å². The van der Waals surface area contributed by atoms with E-state index in [-0.39, 0.29) is 30.2 Å². The molecule has 0 unspecified atom stereocenters. The maximum absolute atomic E-state index is 11.8. The van der Waals surface area contributed by atoms with Gasteiger partial charge in [0.2, 0.25) is 0 Å². The number of esters is 1. The van der Waals surface area contributed by atoms with Crippen molar-refractivity contribution < 1.29 is 27.4 Å². The summed E-state index contributed by atoms with van der Waals surface area (Å²) in [5, 5.41) is 0.156.